The monoisotopic (exact) mass is 233 g/mol. The van der Waals surface area contributed by atoms with Crippen molar-refractivity contribution in [2.24, 2.45) is 0 Å². The van der Waals surface area contributed by atoms with E-state index in [1.807, 2.05) is 25.1 Å². The van der Waals surface area contributed by atoms with Crippen molar-refractivity contribution in [2.75, 3.05) is 13.1 Å². The van der Waals surface area contributed by atoms with Crippen LogP contribution in [0, 0.1) is 0 Å². The first-order valence-corrected chi connectivity index (χ1v) is 6.24. The van der Waals surface area contributed by atoms with Crippen molar-refractivity contribution in [1.82, 2.24) is 4.90 Å². The van der Waals surface area contributed by atoms with Gasteiger partial charge in [-0.15, -0.1) is 0 Å². The summed E-state index contributed by atoms with van der Waals surface area (Å²) in [7, 11) is 0. The van der Waals surface area contributed by atoms with Crippen molar-refractivity contribution >= 4 is 5.97 Å². The highest BCUT2D eigenvalue weighted by atomic mass is 16.4. The molecule has 3 heteroatoms. The predicted molar refractivity (Wildman–Crippen MR) is 67.1 cm³/mol. The molecule has 1 atom stereocenters. The second-order valence-electron chi connectivity index (χ2n) is 4.70. The number of nitrogens with zero attached hydrogens (tertiary/aromatic N) is 1. The lowest BCUT2D eigenvalue weighted by Gasteiger charge is -2.43. The summed E-state index contributed by atoms with van der Waals surface area (Å²) in [6.45, 7) is 3.78. The van der Waals surface area contributed by atoms with E-state index in [1.54, 1.807) is 0 Å². The van der Waals surface area contributed by atoms with E-state index in [4.69, 9.17) is 5.11 Å². The quantitative estimate of drug-likeness (QED) is 0.848. The molecular weight excluding hydrogens is 214 g/mol. The van der Waals surface area contributed by atoms with E-state index in [2.05, 4.69) is 17.0 Å². The topological polar surface area (TPSA) is 40.5 Å². The summed E-state index contributed by atoms with van der Waals surface area (Å²) in [4.78, 5) is 13.2. The molecule has 0 bridgehead atoms. The average molecular weight is 233 g/mol. The van der Waals surface area contributed by atoms with Crippen molar-refractivity contribution in [2.45, 2.75) is 31.7 Å². The third kappa shape index (κ3) is 2.67. The molecule has 0 spiro atoms. The molecule has 3 nitrogen and oxygen atoms in total. The van der Waals surface area contributed by atoms with Gasteiger partial charge in [0.1, 0.15) is 6.04 Å². The Balaban J connectivity index is 1.91. The molecule has 1 N–H and O–H groups in total. The van der Waals surface area contributed by atoms with E-state index in [0.717, 1.165) is 25.9 Å². The minimum atomic E-state index is -0.682. The Labute approximate surface area is 102 Å². The van der Waals surface area contributed by atoms with Crippen molar-refractivity contribution in [3.05, 3.63) is 35.9 Å². The molecule has 92 valence electrons. The summed E-state index contributed by atoms with van der Waals surface area (Å²) < 4.78 is 0. The van der Waals surface area contributed by atoms with Crippen LogP contribution in [-0.2, 0) is 4.79 Å². The largest absolute Gasteiger partial charge is 0.480 e. The van der Waals surface area contributed by atoms with Crippen LogP contribution in [-0.4, -0.2) is 35.1 Å². The number of rotatable bonds is 5. The summed E-state index contributed by atoms with van der Waals surface area (Å²) in [6, 6.07) is 10.0. The zero-order chi connectivity index (χ0) is 12.3. The molecule has 1 aliphatic rings. The minimum absolute atomic E-state index is 0.292. The Hall–Kier alpha value is -1.35. The molecule has 1 saturated heterocycles. The molecule has 1 aromatic carbocycles. The fourth-order valence-electron chi connectivity index (χ4n) is 2.44. The number of carboxylic acid groups (broad SMARTS) is 1. The van der Waals surface area contributed by atoms with Gasteiger partial charge >= 0.3 is 5.97 Å². The van der Waals surface area contributed by atoms with Crippen LogP contribution in [0.3, 0.4) is 0 Å². The van der Waals surface area contributed by atoms with E-state index in [0.29, 0.717) is 5.92 Å². The zero-order valence-electron chi connectivity index (χ0n) is 10.2. The molecule has 17 heavy (non-hydrogen) atoms. The number of carboxylic acids is 1. The molecule has 0 aliphatic carbocycles. The SMILES string of the molecule is CCCC(C(=O)O)N1CC(c2ccccc2)C1. The first kappa shape index (κ1) is 12.1. The smallest absolute Gasteiger partial charge is 0.320 e. The summed E-state index contributed by atoms with van der Waals surface area (Å²) in [6.07, 6.45) is 1.67. The van der Waals surface area contributed by atoms with Crippen LogP contribution in [0.2, 0.25) is 0 Å². The lowest BCUT2D eigenvalue weighted by atomic mass is 9.89. The molecule has 0 amide bonds. The highest BCUT2D eigenvalue weighted by molar-refractivity contribution is 5.73. The maximum absolute atomic E-state index is 11.1. The lowest BCUT2D eigenvalue weighted by Crippen LogP contribution is -2.53. The fourth-order valence-corrected chi connectivity index (χ4v) is 2.44. The summed E-state index contributed by atoms with van der Waals surface area (Å²) in [5.74, 6) is -0.173. The van der Waals surface area contributed by atoms with E-state index in [-0.39, 0.29) is 6.04 Å². The van der Waals surface area contributed by atoms with E-state index in [1.165, 1.54) is 5.56 Å². The Kier molecular flexibility index (Phi) is 3.79. The number of aliphatic carboxylic acids is 1. The van der Waals surface area contributed by atoms with E-state index >= 15 is 0 Å². The van der Waals surface area contributed by atoms with Crippen molar-refractivity contribution in [1.29, 1.82) is 0 Å². The molecule has 0 aromatic heterocycles. The minimum Gasteiger partial charge on any atom is -0.480 e. The van der Waals surface area contributed by atoms with Gasteiger partial charge in [-0.05, 0) is 12.0 Å². The van der Waals surface area contributed by atoms with Gasteiger partial charge in [-0.25, -0.2) is 0 Å². The highest BCUT2D eigenvalue weighted by Crippen LogP contribution is 2.29. The van der Waals surface area contributed by atoms with Gasteiger partial charge in [0.25, 0.3) is 0 Å². The van der Waals surface area contributed by atoms with Crippen molar-refractivity contribution in [3.63, 3.8) is 0 Å². The maximum atomic E-state index is 11.1. The molecular formula is C14H19NO2. The van der Waals surface area contributed by atoms with Crippen LogP contribution in [0.1, 0.15) is 31.2 Å². The van der Waals surface area contributed by atoms with Gasteiger partial charge in [0.2, 0.25) is 0 Å². The van der Waals surface area contributed by atoms with Crippen LogP contribution in [0.25, 0.3) is 0 Å². The predicted octanol–water partition coefficient (Wildman–Crippen LogP) is 2.34. The molecule has 1 unspecified atom stereocenters. The van der Waals surface area contributed by atoms with Crippen molar-refractivity contribution < 1.29 is 9.90 Å². The zero-order valence-corrected chi connectivity index (χ0v) is 10.2. The Morgan fingerprint density at radius 2 is 2.06 bits per heavy atom. The summed E-state index contributed by atoms with van der Waals surface area (Å²) >= 11 is 0. The first-order chi connectivity index (χ1) is 8.22. The molecule has 1 fully saturated rings. The van der Waals surface area contributed by atoms with Crippen LogP contribution < -0.4 is 0 Å². The molecule has 1 aromatic rings. The number of carbonyl (C=O) groups is 1. The van der Waals surface area contributed by atoms with Crippen LogP contribution in [0.5, 0.6) is 0 Å². The van der Waals surface area contributed by atoms with Crippen LogP contribution >= 0.6 is 0 Å². The van der Waals surface area contributed by atoms with Crippen LogP contribution in [0.4, 0.5) is 0 Å². The number of hydrogen-bond acceptors (Lipinski definition) is 2. The van der Waals surface area contributed by atoms with Gasteiger partial charge in [0.05, 0.1) is 0 Å². The third-order valence-electron chi connectivity index (χ3n) is 3.47. The molecule has 1 aliphatic heterocycles. The van der Waals surface area contributed by atoms with Gasteiger partial charge in [-0.1, -0.05) is 43.7 Å². The maximum Gasteiger partial charge on any atom is 0.320 e. The second kappa shape index (κ2) is 5.32. The van der Waals surface area contributed by atoms with E-state index < -0.39 is 5.97 Å². The standard InChI is InChI=1S/C14H19NO2/c1-2-6-13(14(16)17)15-9-12(10-15)11-7-4-3-5-8-11/h3-5,7-8,12-13H,2,6,9-10H2,1H3,(H,16,17). The van der Waals surface area contributed by atoms with Crippen LogP contribution in [0.15, 0.2) is 30.3 Å². The average Bonchev–Trinajstić information content (AvgIpc) is 2.27. The van der Waals surface area contributed by atoms with Gasteiger partial charge in [-0.2, -0.15) is 0 Å². The van der Waals surface area contributed by atoms with Gasteiger partial charge in [-0.3, -0.25) is 9.69 Å². The number of likely N-dealkylation sites (tertiary alicyclic amines) is 1. The molecule has 0 saturated carbocycles. The summed E-state index contributed by atoms with van der Waals surface area (Å²) in [5, 5.41) is 9.15. The summed E-state index contributed by atoms with van der Waals surface area (Å²) in [5.41, 5.74) is 1.32. The van der Waals surface area contributed by atoms with Gasteiger partial charge < -0.3 is 5.11 Å². The van der Waals surface area contributed by atoms with Gasteiger partial charge in [0, 0.05) is 19.0 Å². The van der Waals surface area contributed by atoms with Gasteiger partial charge in [0.15, 0.2) is 0 Å². The normalized spacial score (nSPS) is 18.6. The number of benzene rings is 1. The Morgan fingerprint density at radius 1 is 1.41 bits per heavy atom. The Bertz CT molecular complexity index is 371. The third-order valence-corrected chi connectivity index (χ3v) is 3.47. The molecule has 1 heterocycles. The first-order valence-electron chi connectivity index (χ1n) is 6.24. The molecule has 2 rings (SSSR count). The van der Waals surface area contributed by atoms with Crippen molar-refractivity contribution in [3.8, 4) is 0 Å². The highest BCUT2D eigenvalue weighted by Gasteiger charge is 2.35. The number of hydrogen-bond donors (Lipinski definition) is 1. The Morgan fingerprint density at radius 3 is 2.59 bits per heavy atom. The van der Waals surface area contributed by atoms with E-state index in [9.17, 15) is 4.79 Å². The second-order valence-corrected chi connectivity index (χ2v) is 4.70. The molecule has 0 radical (unpaired) electrons. The lowest BCUT2D eigenvalue weighted by molar-refractivity contribution is -0.145. The fraction of sp³-hybridized carbons (Fsp3) is 0.500.